The monoisotopic (exact) mass is 395 g/mol. The summed E-state index contributed by atoms with van der Waals surface area (Å²) >= 11 is 5.21. The number of rotatable bonds is 7. The summed E-state index contributed by atoms with van der Waals surface area (Å²) in [6, 6.07) is 3.58. The Labute approximate surface area is 164 Å². The van der Waals surface area contributed by atoms with Crippen molar-refractivity contribution in [2.24, 2.45) is 0 Å². The normalized spacial score (nSPS) is 12.6. The van der Waals surface area contributed by atoms with E-state index in [1.165, 1.54) is 11.1 Å². The predicted octanol–water partition coefficient (Wildman–Crippen LogP) is 1.35. The van der Waals surface area contributed by atoms with E-state index in [0.717, 1.165) is 12.0 Å². The molecule has 0 aliphatic carbocycles. The van der Waals surface area contributed by atoms with Crippen LogP contribution < -0.4 is 25.0 Å². The van der Waals surface area contributed by atoms with Crippen LogP contribution >= 0.6 is 12.2 Å². The van der Waals surface area contributed by atoms with Gasteiger partial charge < -0.3 is 24.3 Å². The van der Waals surface area contributed by atoms with E-state index in [1.54, 1.807) is 39.5 Å². The second kappa shape index (κ2) is 10.6. The first-order valence-electron chi connectivity index (χ1n) is 8.52. The van der Waals surface area contributed by atoms with Gasteiger partial charge in [0.05, 0.1) is 7.11 Å². The maximum Gasteiger partial charge on any atom is 0.262 e. The Kier molecular flexibility index (Phi) is 8.15. The first-order valence-corrected chi connectivity index (χ1v) is 8.92. The molecule has 0 spiro atoms. The largest absolute Gasteiger partial charge is 0.493 e. The van der Waals surface area contributed by atoms with Gasteiger partial charge >= 0.3 is 0 Å². The SMILES string of the molecule is COCCCNC(=S)N(C)NC(=O)/C=C/c1cc(OC)c2c(c1)OCCO2. The average Bonchev–Trinajstić information content (AvgIpc) is 2.68. The minimum atomic E-state index is -0.313. The van der Waals surface area contributed by atoms with E-state index in [2.05, 4.69) is 10.7 Å². The number of nitrogens with zero attached hydrogens (tertiary/aromatic N) is 1. The van der Waals surface area contributed by atoms with Crippen LogP contribution in [0.4, 0.5) is 0 Å². The van der Waals surface area contributed by atoms with Crippen LogP contribution in [0.1, 0.15) is 12.0 Å². The summed E-state index contributed by atoms with van der Waals surface area (Å²) in [6.45, 7) is 2.27. The number of nitrogens with one attached hydrogen (secondary N) is 2. The van der Waals surface area contributed by atoms with Gasteiger partial charge in [0.1, 0.15) is 13.2 Å². The van der Waals surface area contributed by atoms with Gasteiger partial charge in [-0.25, -0.2) is 0 Å². The van der Waals surface area contributed by atoms with Gasteiger partial charge in [0.25, 0.3) is 5.91 Å². The smallest absolute Gasteiger partial charge is 0.262 e. The molecular weight excluding hydrogens is 370 g/mol. The number of benzene rings is 1. The van der Waals surface area contributed by atoms with Crippen LogP contribution in [0.15, 0.2) is 18.2 Å². The van der Waals surface area contributed by atoms with Gasteiger partial charge in [-0.2, -0.15) is 0 Å². The Hall–Kier alpha value is -2.52. The van der Waals surface area contributed by atoms with Gasteiger partial charge in [0.2, 0.25) is 5.75 Å². The lowest BCUT2D eigenvalue weighted by molar-refractivity contribution is -0.119. The van der Waals surface area contributed by atoms with Gasteiger partial charge in [-0.3, -0.25) is 15.2 Å². The lowest BCUT2D eigenvalue weighted by atomic mass is 10.1. The van der Waals surface area contributed by atoms with Crippen LogP contribution in [-0.4, -0.2) is 63.7 Å². The molecule has 0 atom stereocenters. The number of fused-ring (bicyclic) bond motifs is 1. The molecular formula is C18H25N3O5S. The number of hydrogen-bond donors (Lipinski definition) is 2. The lowest BCUT2D eigenvalue weighted by Gasteiger charge is -2.21. The minimum absolute atomic E-state index is 0.313. The van der Waals surface area contributed by atoms with Crippen molar-refractivity contribution in [3.63, 3.8) is 0 Å². The summed E-state index contributed by atoms with van der Waals surface area (Å²) in [7, 11) is 4.88. The number of amides is 1. The Morgan fingerprint density at radius 3 is 2.85 bits per heavy atom. The van der Waals surface area contributed by atoms with E-state index < -0.39 is 0 Å². The number of carbonyl (C=O) groups is 1. The molecule has 27 heavy (non-hydrogen) atoms. The highest BCUT2D eigenvalue weighted by Gasteiger charge is 2.17. The molecule has 2 N–H and O–H groups in total. The summed E-state index contributed by atoms with van der Waals surface area (Å²) in [5.41, 5.74) is 3.43. The first kappa shape index (κ1) is 20.8. The topological polar surface area (TPSA) is 81.3 Å². The van der Waals surface area contributed by atoms with E-state index in [9.17, 15) is 4.79 Å². The van der Waals surface area contributed by atoms with Crippen molar-refractivity contribution in [1.82, 2.24) is 15.8 Å². The zero-order valence-corrected chi connectivity index (χ0v) is 16.6. The van der Waals surface area contributed by atoms with Crippen LogP contribution in [-0.2, 0) is 9.53 Å². The van der Waals surface area contributed by atoms with Crippen LogP contribution in [0.2, 0.25) is 0 Å². The highest BCUT2D eigenvalue weighted by Crippen LogP contribution is 2.40. The molecule has 148 valence electrons. The molecule has 8 nitrogen and oxygen atoms in total. The number of ether oxygens (including phenoxy) is 4. The fourth-order valence-corrected chi connectivity index (χ4v) is 2.49. The molecule has 1 aromatic carbocycles. The fraction of sp³-hybridized carbons (Fsp3) is 0.444. The van der Waals surface area contributed by atoms with Crippen molar-refractivity contribution in [3.8, 4) is 17.2 Å². The van der Waals surface area contributed by atoms with Crippen molar-refractivity contribution in [2.45, 2.75) is 6.42 Å². The molecule has 2 rings (SSSR count). The van der Waals surface area contributed by atoms with Crippen LogP contribution in [0.3, 0.4) is 0 Å². The van der Waals surface area contributed by atoms with Crippen LogP contribution in [0, 0.1) is 0 Å². The van der Waals surface area contributed by atoms with Crippen molar-refractivity contribution >= 4 is 29.3 Å². The highest BCUT2D eigenvalue weighted by molar-refractivity contribution is 7.80. The summed E-state index contributed by atoms with van der Waals surface area (Å²) in [4.78, 5) is 12.1. The third-order valence-electron chi connectivity index (χ3n) is 3.66. The molecule has 0 radical (unpaired) electrons. The first-order chi connectivity index (χ1) is 13.0. The molecule has 1 heterocycles. The quantitative estimate of drug-likeness (QED) is 0.310. The maximum absolute atomic E-state index is 12.1. The number of hydrogen-bond acceptors (Lipinski definition) is 6. The van der Waals surface area contributed by atoms with Crippen molar-refractivity contribution in [2.75, 3.05) is 47.6 Å². The Morgan fingerprint density at radius 1 is 1.33 bits per heavy atom. The number of methoxy groups -OCH3 is 2. The van der Waals surface area contributed by atoms with Crippen LogP contribution in [0.25, 0.3) is 6.08 Å². The molecule has 0 saturated heterocycles. The second-order valence-corrected chi connectivity index (χ2v) is 6.08. The fourth-order valence-electron chi connectivity index (χ4n) is 2.35. The number of carbonyl (C=O) groups excluding carboxylic acids is 1. The molecule has 1 amide bonds. The van der Waals surface area contributed by atoms with Crippen LogP contribution in [0.5, 0.6) is 17.2 Å². The third-order valence-corrected chi connectivity index (χ3v) is 4.08. The molecule has 1 aliphatic rings. The second-order valence-electron chi connectivity index (χ2n) is 5.69. The summed E-state index contributed by atoms with van der Waals surface area (Å²) in [6.07, 6.45) is 3.90. The van der Waals surface area contributed by atoms with E-state index in [0.29, 0.717) is 48.7 Å². The summed E-state index contributed by atoms with van der Waals surface area (Å²) < 4.78 is 21.4. The molecule has 9 heteroatoms. The molecule has 1 aromatic rings. The highest BCUT2D eigenvalue weighted by atomic mass is 32.1. The van der Waals surface area contributed by atoms with Crippen molar-refractivity contribution in [1.29, 1.82) is 0 Å². The van der Waals surface area contributed by atoms with Crippen molar-refractivity contribution < 1.29 is 23.7 Å². The van der Waals surface area contributed by atoms with Gasteiger partial charge in [0.15, 0.2) is 16.6 Å². The van der Waals surface area contributed by atoms with E-state index >= 15 is 0 Å². The Bertz CT molecular complexity index is 679. The molecule has 1 aliphatic heterocycles. The van der Waals surface area contributed by atoms with E-state index in [4.69, 9.17) is 31.2 Å². The van der Waals surface area contributed by atoms with Gasteiger partial charge in [-0.15, -0.1) is 0 Å². The molecule has 0 bridgehead atoms. The van der Waals surface area contributed by atoms with Gasteiger partial charge in [0, 0.05) is 33.4 Å². The zero-order chi connectivity index (χ0) is 19.6. The molecule has 0 unspecified atom stereocenters. The van der Waals surface area contributed by atoms with E-state index in [1.807, 2.05) is 0 Å². The zero-order valence-electron chi connectivity index (χ0n) is 15.7. The lowest BCUT2D eigenvalue weighted by Crippen LogP contribution is -2.47. The predicted molar refractivity (Wildman–Crippen MR) is 106 cm³/mol. The standard InChI is InChI=1S/C18H25N3O5S/c1-21(18(27)19-7-4-8-23-2)20-16(22)6-5-13-11-14(24-3)17-15(12-13)25-9-10-26-17/h5-6,11-12H,4,7-10H2,1-3H3,(H,19,27)(H,20,22)/b6-5+. The van der Waals surface area contributed by atoms with E-state index in [-0.39, 0.29) is 5.91 Å². The molecule has 0 fully saturated rings. The van der Waals surface area contributed by atoms with Crippen molar-refractivity contribution in [3.05, 3.63) is 23.8 Å². The average molecular weight is 395 g/mol. The summed E-state index contributed by atoms with van der Waals surface area (Å²) in [5.74, 6) is 1.42. The number of thiocarbonyl (C=S) groups is 1. The van der Waals surface area contributed by atoms with Gasteiger partial charge in [-0.05, 0) is 42.4 Å². The maximum atomic E-state index is 12.1. The minimum Gasteiger partial charge on any atom is -0.493 e. The number of hydrazine groups is 1. The molecule has 0 aromatic heterocycles. The molecule has 0 saturated carbocycles. The Morgan fingerprint density at radius 2 is 2.11 bits per heavy atom. The third kappa shape index (κ3) is 6.30. The summed E-state index contributed by atoms with van der Waals surface area (Å²) in [5, 5.41) is 4.92. The van der Waals surface area contributed by atoms with Gasteiger partial charge in [-0.1, -0.05) is 0 Å². The Balaban J connectivity index is 1.91.